The SMILES string of the molecule is C[C@@]12CC[C@@H]3C[C@@H]3C1=CC(=O)C2. The molecule has 0 spiro atoms. The maximum Gasteiger partial charge on any atom is 0.156 e. The van der Waals surface area contributed by atoms with Gasteiger partial charge in [-0.1, -0.05) is 12.5 Å². The number of ketones is 1. The van der Waals surface area contributed by atoms with Gasteiger partial charge in [0.2, 0.25) is 0 Å². The summed E-state index contributed by atoms with van der Waals surface area (Å²) in [6.45, 7) is 2.28. The van der Waals surface area contributed by atoms with Crippen LogP contribution in [0.2, 0.25) is 0 Å². The Labute approximate surface area is 72.8 Å². The van der Waals surface area contributed by atoms with E-state index < -0.39 is 0 Å². The largest absolute Gasteiger partial charge is 0.295 e. The molecule has 3 atom stereocenters. The van der Waals surface area contributed by atoms with Gasteiger partial charge < -0.3 is 0 Å². The van der Waals surface area contributed by atoms with Crippen LogP contribution in [0.3, 0.4) is 0 Å². The van der Waals surface area contributed by atoms with Gasteiger partial charge in [0.1, 0.15) is 0 Å². The molecule has 2 saturated carbocycles. The Hall–Kier alpha value is -0.590. The minimum Gasteiger partial charge on any atom is -0.295 e. The van der Waals surface area contributed by atoms with Crippen LogP contribution >= 0.6 is 0 Å². The lowest BCUT2D eigenvalue weighted by Crippen LogP contribution is -2.21. The third-order valence-electron chi connectivity index (χ3n) is 3.97. The van der Waals surface area contributed by atoms with Crippen molar-refractivity contribution in [1.29, 1.82) is 0 Å². The normalized spacial score (nSPS) is 49.8. The molecule has 0 aromatic heterocycles. The zero-order chi connectivity index (χ0) is 8.34. The summed E-state index contributed by atoms with van der Waals surface area (Å²) in [5.74, 6) is 2.14. The van der Waals surface area contributed by atoms with Gasteiger partial charge in [-0.25, -0.2) is 0 Å². The second kappa shape index (κ2) is 1.84. The summed E-state index contributed by atoms with van der Waals surface area (Å²) in [6, 6.07) is 0. The smallest absolute Gasteiger partial charge is 0.156 e. The van der Waals surface area contributed by atoms with Gasteiger partial charge in [0.15, 0.2) is 5.78 Å². The Morgan fingerprint density at radius 3 is 3.25 bits per heavy atom. The third kappa shape index (κ3) is 0.720. The van der Waals surface area contributed by atoms with E-state index in [1.807, 2.05) is 6.08 Å². The fourth-order valence-electron chi connectivity index (χ4n) is 3.12. The molecule has 0 amide bonds. The highest BCUT2D eigenvalue weighted by Crippen LogP contribution is 2.61. The maximum absolute atomic E-state index is 11.3. The summed E-state index contributed by atoms with van der Waals surface area (Å²) in [7, 11) is 0. The van der Waals surface area contributed by atoms with Crippen LogP contribution in [0.25, 0.3) is 0 Å². The van der Waals surface area contributed by atoms with Gasteiger partial charge in [-0.05, 0) is 42.6 Å². The van der Waals surface area contributed by atoms with E-state index >= 15 is 0 Å². The van der Waals surface area contributed by atoms with Crippen molar-refractivity contribution in [3.8, 4) is 0 Å². The predicted octanol–water partition coefficient (Wildman–Crippen LogP) is 2.32. The highest BCUT2D eigenvalue weighted by atomic mass is 16.1. The number of carbonyl (C=O) groups is 1. The van der Waals surface area contributed by atoms with Crippen molar-refractivity contribution in [1.82, 2.24) is 0 Å². The third-order valence-corrected chi connectivity index (χ3v) is 3.97. The summed E-state index contributed by atoms with van der Waals surface area (Å²) in [5, 5.41) is 0. The first-order chi connectivity index (χ1) is 5.69. The summed E-state index contributed by atoms with van der Waals surface area (Å²) < 4.78 is 0. The van der Waals surface area contributed by atoms with Gasteiger partial charge in [0.05, 0.1) is 0 Å². The van der Waals surface area contributed by atoms with E-state index in [4.69, 9.17) is 0 Å². The van der Waals surface area contributed by atoms with E-state index in [9.17, 15) is 4.79 Å². The topological polar surface area (TPSA) is 17.1 Å². The van der Waals surface area contributed by atoms with Crippen molar-refractivity contribution in [3.63, 3.8) is 0 Å². The highest BCUT2D eigenvalue weighted by molar-refractivity contribution is 5.94. The molecule has 0 unspecified atom stereocenters. The first-order valence-electron chi connectivity index (χ1n) is 4.94. The van der Waals surface area contributed by atoms with Crippen molar-refractivity contribution in [2.75, 3.05) is 0 Å². The molecule has 2 fully saturated rings. The Balaban J connectivity index is 2.03. The summed E-state index contributed by atoms with van der Waals surface area (Å²) in [5.41, 5.74) is 1.79. The van der Waals surface area contributed by atoms with Gasteiger partial charge in [0, 0.05) is 6.42 Å². The number of carbonyl (C=O) groups excluding carboxylic acids is 1. The van der Waals surface area contributed by atoms with E-state index in [1.54, 1.807) is 0 Å². The van der Waals surface area contributed by atoms with Crippen molar-refractivity contribution in [2.24, 2.45) is 17.3 Å². The minimum absolute atomic E-state index is 0.286. The second-order valence-electron chi connectivity index (χ2n) is 4.94. The first kappa shape index (κ1) is 6.88. The molecule has 0 saturated heterocycles. The van der Waals surface area contributed by atoms with Crippen LogP contribution in [0, 0.1) is 17.3 Å². The van der Waals surface area contributed by atoms with Gasteiger partial charge >= 0.3 is 0 Å². The molecular weight excluding hydrogens is 148 g/mol. The number of rotatable bonds is 0. The summed E-state index contributed by atoms with van der Waals surface area (Å²) >= 11 is 0. The molecule has 3 aliphatic carbocycles. The van der Waals surface area contributed by atoms with E-state index in [2.05, 4.69) is 6.92 Å². The lowest BCUT2D eigenvalue weighted by molar-refractivity contribution is -0.115. The van der Waals surface area contributed by atoms with Crippen LogP contribution in [0.15, 0.2) is 11.6 Å². The standard InChI is InChI=1S/C11H14O/c1-11-3-2-7-4-9(7)10(11)5-8(12)6-11/h5,7,9H,2-4,6H2,1H3/t7-,9+,11+/m1/s1. The molecule has 0 radical (unpaired) electrons. The van der Waals surface area contributed by atoms with E-state index in [0.29, 0.717) is 5.78 Å². The molecule has 0 N–H and O–H groups in total. The summed E-state index contributed by atoms with van der Waals surface area (Å²) in [6.07, 6.45) is 6.74. The van der Waals surface area contributed by atoms with Crippen molar-refractivity contribution >= 4 is 5.78 Å². The molecule has 12 heavy (non-hydrogen) atoms. The van der Waals surface area contributed by atoms with Crippen LogP contribution in [-0.2, 0) is 4.79 Å². The van der Waals surface area contributed by atoms with Gasteiger partial charge in [-0.2, -0.15) is 0 Å². The van der Waals surface area contributed by atoms with Crippen LogP contribution in [0.4, 0.5) is 0 Å². The molecule has 1 heteroatoms. The first-order valence-corrected chi connectivity index (χ1v) is 4.94. The van der Waals surface area contributed by atoms with E-state index in [-0.39, 0.29) is 5.41 Å². The molecule has 64 valence electrons. The molecular formula is C11H14O. The average Bonchev–Trinajstić information content (AvgIpc) is 2.69. The number of hydrogen-bond donors (Lipinski definition) is 0. The number of allylic oxidation sites excluding steroid dienone is 2. The number of fused-ring (bicyclic) bond motifs is 3. The second-order valence-corrected chi connectivity index (χ2v) is 4.94. The lowest BCUT2D eigenvalue weighted by atomic mass is 9.73. The Bertz CT molecular complexity index is 289. The maximum atomic E-state index is 11.3. The van der Waals surface area contributed by atoms with Crippen LogP contribution < -0.4 is 0 Å². The minimum atomic E-state index is 0.286. The monoisotopic (exact) mass is 162 g/mol. The van der Waals surface area contributed by atoms with E-state index in [0.717, 1.165) is 18.3 Å². The Morgan fingerprint density at radius 2 is 2.42 bits per heavy atom. The lowest BCUT2D eigenvalue weighted by Gasteiger charge is -2.31. The Morgan fingerprint density at radius 1 is 1.58 bits per heavy atom. The molecule has 0 aliphatic heterocycles. The van der Waals surface area contributed by atoms with Crippen LogP contribution in [0.1, 0.15) is 32.6 Å². The van der Waals surface area contributed by atoms with E-state index in [1.165, 1.54) is 24.8 Å². The highest BCUT2D eigenvalue weighted by Gasteiger charge is 2.53. The molecule has 1 nitrogen and oxygen atoms in total. The van der Waals surface area contributed by atoms with Gasteiger partial charge in [-0.3, -0.25) is 4.79 Å². The fourth-order valence-corrected chi connectivity index (χ4v) is 3.12. The van der Waals surface area contributed by atoms with Crippen molar-refractivity contribution in [3.05, 3.63) is 11.6 Å². The average molecular weight is 162 g/mol. The zero-order valence-electron chi connectivity index (χ0n) is 7.47. The molecule has 0 aromatic rings. The molecule has 3 rings (SSSR count). The van der Waals surface area contributed by atoms with Crippen LogP contribution in [-0.4, -0.2) is 5.78 Å². The number of hydrogen-bond acceptors (Lipinski definition) is 1. The quantitative estimate of drug-likeness (QED) is 0.534. The molecule has 0 bridgehead atoms. The van der Waals surface area contributed by atoms with Gasteiger partial charge in [0.25, 0.3) is 0 Å². The fraction of sp³-hybridized carbons (Fsp3) is 0.727. The van der Waals surface area contributed by atoms with Crippen molar-refractivity contribution < 1.29 is 4.79 Å². The zero-order valence-corrected chi connectivity index (χ0v) is 7.47. The Kier molecular flexibility index (Phi) is 1.05. The van der Waals surface area contributed by atoms with Gasteiger partial charge in [-0.15, -0.1) is 0 Å². The van der Waals surface area contributed by atoms with Crippen molar-refractivity contribution in [2.45, 2.75) is 32.6 Å². The molecule has 0 aromatic carbocycles. The van der Waals surface area contributed by atoms with Crippen LogP contribution in [0.5, 0.6) is 0 Å². The summed E-state index contributed by atoms with van der Waals surface area (Å²) in [4.78, 5) is 11.3. The predicted molar refractivity (Wildman–Crippen MR) is 46.6 cm³/mol. The molecule has 0 heterocycles. The molecule has 3 aliphatic rings.